The summed E-state index contributed by atoms with van der Waals surface area (Å²) in [5.74, 6) is -0.332. The molecule has 2 heterocycles. The highest BCUT2D eigenvalue weighted by atomic mass is 32.2. The molecule has 2 aromatic carbocycles. The first-order valence-corrected chi connectivity index (χ1v) is 12.8. The van der Waals surface area contributed by atoms with E-state index in [0.29, 0.717) is 39.0 Å². The molecule has 0 aliphatic carbocycles. The smallest absolute Gasteiger partial charge is 0.339 e. The van der Waals surface area contributed by atoms with Crippen LogP contribution in [0.2, 0.25) is 0 Å². The normalized spacial score (nSPS) is 20.6. The Balaban J connectivity index is 1.46. The number of aryl methyl sites for hydroxylation is 1. The Bertz CT molecular complexity index is 1150. The van der Waals surface area contributed by atoms with Gasteiger partial charge in [0.15, 0.2) is 0 Å². The molecule has 0 radical (unpaired) electrons. The third-order valence-electron chi connectivity index (χ3n) is 6.61. The van der Waals surface area contributed by atoms with E-state index in [2.05, 4.69) is 24.0 Å². The number of alkyl halides is 3. The second-order valence-corrected chi connectivity index (χ2v) is 10.7. The fourth-order valence-electron chi connectivity index (χ4n) is 4.69. The highest BCUT2D eigenvalue weighted by Crippen LogP contribution is 2.37. The summed E-state index contributed by atoms with van der Waals surface area (Å²) in [6.07, 6.45) is -4.08. The summed E-state index contributed by atoms with van der Waals surface area (Å²) in [6.45, 7) is 5.06. The standard InChI is InChI=1S/C24H28F3N3O3S/c1-18-7-2-3-8-19(18)17-28-13-15-29(16-14-28)23(31)21-10-6-12-30(21)34(32,33)22-11-5-4-9-20(22)24(25,26)27/h2-5,7-9,11,21H,6,10,12-17H2,1H3. The number of carbonyl (C=O) groups is 1. The van der Waals surface area contributed by atoms with Crippen molar-refractivity contribution in [3.05, 3.63) is 65.2 Å². The van der Waals surface area contributed by atoms with Crippen molar-refractivity contribution >= 4 is 15.9 Å². The first kappa shape index (κ1) is 24.7. The summed E-state index contributed by atoms with van der Waals surface area (Å²) in [4.78, 5) is 16.4. The van der Waals surface area contributed by atoms with Crippen LogP contribution in [0, 0.1) is 6.92 Å². The van der Waals surface area contributed by atoms with E-state index in [1.54, 1.807) is 4.90 Å². The lowest BCUT2D eigenvalue weighted by Crippen LogP contribution is -2.54. The molecule has 0 N–H and O–H groups in total. The van der Waals surface area contributed by atoms with Crippen LogP contribution in [0.4, 0.5) is 13.2 Å². The molecule has 2 fully saturated rings. The molecular weight excluding hydrogens is 467 g/mol. The van der Waals surface area contributed by atoms with Crippen molar-refractivity contribution in [3.63, 3.8) is 0 Å². The predicted octanol–water partition coefficient (Wildman–Crippen LogP) is 3.51. The van der Waals surface area contributed by atoms with Gasteiger partial charge >= 0.3 is 6.18 Å². The summed E-state index contributed by atoms with van der Waals surface area (Å²) in [7, 11) is -4.49. The van der Waals surface area contributed by atoms with E-state index < -0.39 is 32.7 Å². The molecule has 1 atom stereocenters. The Hall–Kier alpha value is -2.43. The average Bonchev–Trinajstić information content (AvgIpc) is 3.31. The Morgan fingerprint density at radius 3 is 2.29 bits per heavy atom. The molecule has 34 heavy (non-hydrogen) atoms. The van der Waals surface area contributed by atoms with Gasteiger partial charge in [-0.1, -0.05) is 36.4 Å². The molecule has 6 nitrogen and oxygen atoms in total. The molecule has 2 saturated heterocycles. The molecule has 2 aromatic rings. The number of rotatable bonds is 5. The Kier molecular flexibility index (Phi) is 7.02. The average molecular weight is 496 g/mol. The molecule has 10 heteroatoms. The number of sulfonamides is 1. The minimum atomic E-state index is -4.81. The fraction of sp³-hybridized carbons (Fsp3) is 0.458. The van der Waals surface area contributed by atoms with Gasteiger partial charge < -0.3 is 4.90 Å². The summed E-state index contributed by atoms with van der Waals surface area (Å²) >= 11 is 0. The van der Waals surface area contributed by atoms with Crippen LogP contribution in [0.3, 0.4) is 0 Å². The van der Waals surface area contributed by atoms with E-state index in [4.69, 9.17) is 0 Å². The van der Waals surface area contributed by atoms with Crippen LogP contribution < -0.4 is 0 Å². The molecule has 184 valence electrons. The quantitative estimate of drug-likeness (QED) is 0.637. The van der Waals surface area contributed by atoms with Crippen LogP contribution in [0.25, 0.3) is 0 Å². The monoisotopic (exact) mass is 495 g/mol. The topological polar surface area (TPSA) is 60.9 Å². The van der Waals surface area contributed by atoms with Gasteiger partial charge in [-0.15, -0.1) is 0 Å². The predicted molar refractivity (Wildman–Crippen MR) is 121 cm³/mol. The van der Waals surface area contributed by atoms with E-state index >= 15 is 0 Å². The maximum Gasteiger partial charge on any atom is 0.417 e. The number of nitrogens with zero attached hydrogens (tertiary/aromatic N) is 3. The van der Waals surface area contributed by atoms with Crippen LogP contribution in [0.15, 0.2) is 53.4 Å². The second-order valence-electron chi connectivity index (χ2n) is 8.80. The number of hydrogen-bond donors (Lipinski definition) is 0. The van der Waals surface area contributed by atoms with E-state index in [-0.39, 0.29) is 12.5 Å². The molecule has 0 spiro atoms. The van der Waals surface area contributed by atoms with Crippen molar-refractivity contribution in [3.8, 4) is 0 Å². The lowest BCUT2D eigenvalue weighted by atomic mass is 10.1. The zero-order chi connectivity index (χ0) is 24.5. The van der Waals surface area contributed by atoms with Gasteiger partial charge in [0.1, 0.15) is 6.04 Å². The zero-order valence-corrected chi connectivity index (χ0v) is 19.8. The SMILES string of the molecule is Cc1ccccc1CN1CCN(C(=O)C2CCCN2S(=O)(=O)c2ccccc2C(F)(F)F)CC1. The molecule has 0 saturated carbocycles. The Morgan fingerprint density at radius 1 is 0.971 bits per heavy atom. The lowest BCUT2D eigenvalue weighted by molar-refractivity contribution is -0.139. The lowest BCUT2D eigenvalue weighted by Gasteiger charge is -2.37. The summed E-state index contributed by atoms with van der Waals surface area (Å²) < 4.78 is 67.8. The molecule has 0 bridgehead atoms. The van der Waals surface area contributed by atoms with Crippen LogP contribution >= 0.6 is 0 Å². The van der Waals surface area contributed by atoms with Crippen LogP contribution in [-0.4, -0.2) is 67.2 Å². The van der Waals surface area contributed by atoms with Crippen molar-refractivity contribution in [2.75, 3.05) is 32.7 Å². The van der Waals surface area contributed by atoms with Gasteiger partial charge in [-0.05, 0) is 43.0 Å². The Morgan fingerprint density at radius 2 is 1.62 bits per heavy atom. The molecular formula is C24H28F3N3O3S. The van der Waals surface area contributed by atoms with Crippen molar-refractivity contribution in [1.82, 2.24) is 14.1 Å². The van der Waals surface area contributed by atoms with Crippen LogP contribution in [-0.2, 0) is 27.5 Å². The number of piperazine rings is 1. The van der Waals surface area contributed by atoms with Gasteiger partial charge in [-0.2, -0.15) is 17.5 Å². The van der Waals surface area contributed by atoms with E-state index in [1.807, 2.05) is 12.1 Å². The maximum absolute atomic E-state index is 13.5. The highest BCUT2D eigenvalue weighted by molar-refractivity contribution is 7.89. The summed E-state index contributed by atoms with van der Waals surface area (Å²) in [5.41, 5.74) is 1.21. The Labute approximate surface area is 198 Å². The number of carbonyl (C=O) groups excluding carboxylic acids is 1. The van der Waals surface area contributed by atoms with Crippen molar-refractivity contribution in [2.45, 2.75) is 43.4 Å². The van der Waals surface area contributed by atoms with Gasteiger partial charge in [0.05, 0.1) is 10.5 Å². The molecule has 0 aromatic heterocycles. The largest absolute Gasteiger partial charge is 0.417 e. The zero-order valence-electron chi connectivity index (χ0n) is 19.0. The highest BCUT2D eigenvalue weighted by Gasteiger charge is 2.45. The van der Waals surface area contributed by atoms with E-state index in [0.717, 1.165) is 29.0 Å². The third-order valence-corrected chi connectivity index (χ3v) is 8.57. The number of amides is 1. The molecule has 2 aliphatic heterocycles. The third kappa shape index (κ3) is 4.99. The first-order valence-electron chi connectivity index (χ1n) is 11.3. The molecule has 4 rings (SSSR count). The fourth-order valence-corrected chi connectivity index (χ4v) is 6.56. The number of benzene rings is 2. The van der Waals surface area contributed by atoms with Gasteiger partial charge in [-0.3, -0.25) is 9.69 Å². The van der Waals surface area contributed by atoms with Crippen molar-refractivity contribution < 1.29 is 26.4 Å². The van der Waals surface area contributed by atoms with Crippen LogP contribution in [0.5, 0.6) is 0 Å². The number of hydrogen-bond acceptors (Lipinski definition) is 4. The maximum atomic E-state index is 13.5. The minimum Gasteiger partial charge on any atom is -0.339 e. The van der Waals surface area contributed by atoms with E-state index in [1.165, 1.54) is 17.2 Å². The molecule has 1 amide bonds. The first-order chi connectivity index (χ1) is 16.1. The minimum absolute atomic E-state index is 0.0260. The van der Waals surface area contributed by atoms with Gasteiger partial charge in [-0.25, -0.2) is 8.42 Å². The van der Waals surface area contributed by atoms with Gasteiger partial charge in [0.25, 0.3) is 0 Å². The van der Waals surface area contributed by atoms with Crippen molar-refractivity contribution in [1.29, 1.82) is 0 Å². The number of halogens is 3. The van der Waals surface area contributed by atoms with Crippen LogP contribution in [0.1, 0.15) is 29.5 Å². The molecule has 2 aliphatic rings. The molecule has 1 unspecified atom stereocenters. The van der Waals surface area contributed by atoms with Crippen molar-refractivity contribution in [2.24, 2.45) is 0 Å². The summed E-state index contributed by atoms with van der Waals surface area (Å²) in [6, 6.07) is 11.3. The van der Waals surface area contributed by atoms with Gasteiger partial charge in [0, 0.05) is 39.3 Å². The summed E-state index contributed by atoms with van der Waals surface area (Å²) in [5, 5.41) is 0. The second kappa shape index (κ2) is 9.67. The van der Waals surface area contributed by atoms with Gasteiger partial charge in [0.2, 0.25) is 15.9 Å². The van der Waals surface area contributed by atoms with E-state index in [9.17, 15) is 26.4 Å².